The van der Waals surface area contributed by atoms with Gasteiger partial charge in [-0.1, -0.05) is 62.4 Å². The Morgan fingerprint density at radius 3 is 2.32 bits per heavy atom. The summed E-state index contributed by atoms with van der Waals surface area (Å²) in [6, 6.07) is 18.9. The molecule has 1 heterocycles. The van der Waals surface area contributed by atoms with Crippen LogP contribution in [0.3, 0.4) is 0 Å². The lowest BCUT2D eigenvalue weighted by Crippen LogP contribution is -2.40. The zero-order valence-corrected chi connectivity index (χ0v) is 20.3. The third-order valence-electron chi connectivity index (χ3n) is 4.95. The number of amides is 3. The average Bonchev–Trinajstić information content (AvgIpc) is 3.25. The topological polar surface area (TPSA) is 91.4 Å². The lowest BCUT2D eigenvalue weighted by Gasteiger charge is -2.24. The highest BCUT2D eigenvalue weighted by Gasteiger charge is 2.20. The van der Waals surface area contributed by atoms with Gasteiger partial charge in [0.1, 0.15) is 6.54 Å². The summed E-state index contributed by atoms with van der Waals surface area (Å²) in [5, 5.41) is 7.82. The predicted molar refractivity (Wildman–Crippen MR) is 135 cm³/mol. The van der Waals surface area contributed by atoms with Crippen molar-refractivity contribution >= 4 is 34.2 Å². The van der Waals surface area contributed by atoms with E-state index in [4.69, 9.17) is 0 Å². The van der Waals surface area contributed by atoms with Crippen molar-refractivity contribution in [3.63, 3.8) is 0 Å². The summed E-state index contributed by atoms with van der Waals surface area (Å²) in [5.74, 6) is -0.405. The maximum absolute atomic E-state index is 12.9. The number of hydrogen-bond acceptors (Lipinski definition) is 5. The predicted octanol–water partition coefficient (Wildman–Crippen LogP) is 3.78. The van der Waals surface area contributed by atoms with E-state index < -0.39 is 0 Å². The molecule has 2 N–H and O–H groups in total. The molecule has 0 radical (unpaired) electrons. The number of nitrogens with one attached hydrogen (secondary N) is 2. The van der Waals surface area contributed by atoms with Gasteiger partial charge in [-0.25, -0.2) is 4.98 Å². The van der Waals surface area contributed by atoms with Crippen LogP contribution in [0.15, 0.2) is 66.0 Å². The third kappa shape index (κ3) is 8.12. The van der Waals surface area contributed by atoms with Crippen LogP contribution in [0.2, 0.25) is 0 Å². The first-order valence-corrected chi connectivity index (χ1v) is 12.2. The molecule has 3 aromatic rings. The van der Waals surface area contributed by atoms with Crippen LogP contribution in [0.4, 0.5) is 5.13 Å². The van der Waals surface area contributed by atoms with Crippen molar-refractivity contribution < 1.29 is 14.4 Å². The Bertz CT molecular complexity index is 1080. The first kappa shape index (κ1) is 25.1. The van der Waals surface area contributed by atoms with Crippen LogP contribution in [0, 0.1) is 5.92 Å². The Balaban J connectivity index is 1.49. The number of aromatic nitrogens is 1. The molecule has 34 heavy (non-hydrogen) atoms. The first-order chi connectivity index (χ1) is 16.4. The van der Waals surface area contributed by atoms with E-state index in [0.29, 0.717) is 29.5 Å². The number of carbonyl (C=O) groups is 3. The van der Waals surface area contributed by atoms with Crippen LogP contribution < -0.4 is 10.6 Å². The highest BCUT2D eigenvalue weighted by Crippen LogP contribution is 2.16. The minimum atomic E-state index is -0.321. The van der Waals surface area contributed by atoms with Gasteiger partial charge >= 0.3 is 0 Å². The fourth-order valence-electron chi connectivity index (χ4n) is 3.42. The maximum Gasteiger partial charge on any atom is 0.254 e. The summed E-state index contributed by atoms with van der Waals surface area (Å²) in [5.41, 5.74) is 2.31. The van der Waals surface area contributed by atoms with Crippen LogP contribution >= 0.6 is 11.3 Å². The lowest BCUT2D eigenvalue weighted by molar-refractivity contribution is -0.120. The van der Waals surface area contributed by atoms with Gasteiger partial charge in [0.25, 0.3) is 5.91 Å². The molecule has 0 aliphatic heterocycles. The van der Waals surface area contributed by atoms with E-state index in [1.54, 1.807) is 34.5 Å². The molecule has 0 bridgehead atoms. The van der Waals surface area contributed by atoms with E-state index in [0.717, 1.165) is 6.42 Å². The molecule has 0 atom stereocenters. The molecule has 0 aliphatic carbocycles. The molecule has 3 amide bonds. The first-order valence-electron chi connectivity index (χ1n) is 11.3. The molecule has 178 valence electrons. The van der Waals surface area contributed by atoms with Crippen molar-refractivity contribution in [1.82, 2.24) is 15.2 Å². The minimum Gasteiger partial charge on any atom is -0.355 e. The average molecular weight is 479 g/mol. The van der Waals surface area contributed by atoms with Crippen molar-refractivity contribution in [2.75, 3.05) is 25.0 Å². The largest absolute Gasteiger partial charge is 0.355 e. The molecular formula is C26H30N4O3S. The summed E-state index contributed by atoms with van der Waals surface area (Å²) >= 11 is 1.26. The monoisotopic (exact) mass is 478 g/mol. The highest BCUT2D eigenvalue weighted by molar-refractivity contribution is 7.13. The van der Waals surface area contributed by atoms with Crippen molar-refractivity contribution in [2.45, 2.75) is 26.7 Å². The molecule has 0 saturated carbocycles. The fourth-order valence-corrected chi connectivity index (χ4v) is 4.15. The lowest BCUT2D eigenvalue weighted by atomic mass is 10.1. The molecule has 0 unspecified atom stereocenters. The van der Waals surface area contributed by atoms with Crippen molar-refractivity contribution in [3.05, 3.63) is 82.9 Å². The second kappa shape index (κ2) is 12.6. The van der Waals surface area contributed by atoms with Crippen molar-refractivity contribution in [2.24, 2.45) is 5.92 Å². The number of hydrogen-bond donors (Lipinski definition) is 2. The number of rotatable bonds is 11. The smallest absolute Gasteiger partial charge is 0.254 e. The minimum absolute atomic E-state index is 0.0687. The Kier molecular flexibility index (Phi) is 9.34. The number of benzene rings is 2. The molecule has 2 aromatic carbocycles. The van der Waals surface area contributed by atoms with E-state index in [-0.39, 0.29) is 36.6 Å². The van der Waals surface area contributed by atoms with Gasteiger partial charge in [-0.2, -0.15) is 0 Å². The molecule has 0 aliphatic rings. The molecule has 1 aromatic heterocycles. The standard InChI is InChI=1S/C26H30N4O3S/c1-19(2)16-30(25(33)21-11-7-4-8-12-21)17-24(32)29-26-28-22(18-34-26)15-23(31)27-14-13-20-9-5-3-6-10-20/h3-12,18-19H,13-17H2,1-2H3,(H,27,31)(H,28,29,32). The summed E-state index contributed by atoms with van der Waals surface area (Å²) in [4.78, 5) is 43.6. The Hall–Kier alpha value is -3.52. The number of carbonyl (C=O) groups excluding carboxylic acids is 3. The summed E-state index contributed by atoms with van der Waals surface area (Å²) < 4.78 is 0. The zero-order valence-electron chi connectivity index (χ0n) is 19.5. The quantitative estimate of drug-likeness (QED) is 0.439. The van der Waals surface area contributed by atoms with Crippen molar-refractivity contribution in [1.29, 1.82) is 0 Å². The van der Waals surface area contributed by atoms with E-state index in [2.05, 4.69) is 15.6 Å². The van der Waals surface area contributed by atoms with E-state index in [9.17, 15) is 14.4 Å². The van der Waals surface area contributed by atoms with Crippen LogP contribution in [-0.4, -0.2) is 47.2 Å². The van der Waals surface area contributed by atoms with Gasteiger partial charge in [-0.3, -0.25) is 14.4 Å². The van der Waals surface area contributed by atoms with Gasteiger partial charge in [0.2, 0.25) is 11.8 Å². The Morgan fingerprint density at radius 1 is 0.971 bits per heavy atom. The second-order valence-electron chi connectivity index (χ2n) is 8.40. The molecule has 7 nitrogen and oxygen atoms in total. The van der Waals surface area contributed by atoms with Gasteiger partial charge < -0.3 is 15.5 Å². The Morgan fingerprint density at radius 2 is 1.65 bits per heavy atom. The van der Waals surface area contributed by atoms with E-state index in [1.807, 2.05) is 50.2 Å². The van der Waals surface area contributed by atoms with Gasteiger partial charge in [-0.15, -0.1) is 11.3 Å². The van der Waals surface area contributed by atoms with Crippen molar-refractivity contribution in [3.8, 4) is 0 Å². The maximum atomic E-state index is 12.9. The van der Waals surface area contributed by atoms with Crippen LogP contribution in [0.1, 0.15) is 35.5 Å². The number of thiazole rings is 1. The van der Waals surface area contributed by atoms with Crippen LogP contribution in [0.5, 0.6) is 0 Å². The summed E-state index contributed by atoms with van der Waals surface area (Å²) in [6.07, 6.45) is 0.909. The van der Waals surface area contributed by atoms with Crippen LogP contribution in [0.25, 0.3) is 0 Å². The second-order valence-corrected chi connectivity index (χ2v) is 9.26. The molecule has 0 saturated heterocycles. The fraction of sp³-hybridized carbons (Fsp3) is 0.308. The van der Waals surface area contributed by atoms with E-state index >= 15 is 0 Å². The Labute approximate surface area is 204 Å². The molecule has 0 spiro atoms. The third-order valence-corrected chi connectivity index (χ3v) is 5.75. The van der Waals surface area contributed by atoms with Crippen LogP contribution in [-0.2, 0) is 22.4 Å². The summed E-state index contributed by atoms with van der Waals surface area (Å²) in [7, 11) is 0. The molecule has 8 heteroatoms. The number of nitrogens with zero attached hydrogens (tertiary/aromatic N) is 2. The summed E-state index contributed by atoms with van der Waals surface area (Å²) in [6.45, 7) is 4.95. The van der Waals surface area contributed by atoms with Gasteiger partial charge in [-0.05, 0) is 30.0 Å². The molecular weight excluding hydrogens is 448 g/mol. The van der Waals surface area contributed by atoms with E-state index in [1.165, 1.54) is 16.9 Å². The van der Waals surface area contributed by atoms with Gasteiger partial charge in [0.15, 0.2) is 5.13 Å². The molecule has 0 fully saturated rings. The van der Waals surface area contributed by atoms with Gasteiger partial charge in [0.05, 0.1) is 12.1 Å². The molecule has 3 rings (SSSR count). The highest BCUT2D eigenvalue weighted by atomic mass is 32.1. The normalized spacial score (nSPS) is 10.7. The SMILES string of the molecule is CC(C)CN(CC(=O)Nc1nc(CC(=O)NCCc2ccccc2)cs1)C(=O)c1ccccc1. The van der Waals surface area contributed by atoms with Gasteiger partial charge in [0, 0.05) is 24.0 Å². The number of anilines is 1. The zero-order chi connectivity index (χ0) is 24.3.